The Balaban J connectivity index is 1.68. The summed E-state index contributed by atoms with van der Waals surface area (Å²) in [4.78, 5) is 28.9. The molecule has 0 bridgehead atoms. The predicted octanol–water partition coefficient (Wildman–Crippen LogP) is 1.18. The van der Waals surface area contributed by atoms with Gasteiger partial charge in [0.25, 0.3) is 11.8 Å². The number of hydrogen-bond acceptors (Lipinski definition) is 6. The second-order valence-electron chi connectivity index (χ2n) is 6.53. The summed E-state index contributed by atoms with van der Waals surface area (Å²) in [5.41, 5.74) is 0.461. The van der Waals surface area contributed by atoms with Crippen LogP contribution >= 0.6 is 0 Å². The first kappa shape index (κ1) is 19.3. The van der Waals surface area contributed by atoms with Gasteiger partial charge in [0.15, 0.2) is 11.5 Å². The average Bonchev–Trinajstić information content (AvgIpc) is 3.26. The van der Waals surface area contributed by atoms with Crippen molar-refractivity contribution >= 4 is 11.8 Å². The summed E-state index contributed by atoms with van der Waals surface area (Å²) in [5.74, 6) is 1.23. The summed E-state index contributed by atoms with van der Waals surface area (Å²) < 4.78 is 21.4. The van der Waals surface area contributed by atoms with Gasteiger partial charge in [-0.2, -0.15) is 0 Å². The Labute approximate surface area is 158 Å². The smallest absolute Gasteiger partial charge is 0.254 e. The van der Waals surface area contributed by atoms with Gasteiger partial charge in [-0.15, -0.1) is 0 Å². The molecule has 8 nitrogen and oxygen atoms in total. The van der Waals surface area contributed by atoms with Crippen LogP contribution in [0, 0.1) is 0 Å². The molecule has 2 aliphatic rings. The van der Waals surface area contributed by atoms with Gasteiger partial charge in [-0.1, -0.05) is 0 Å². The molecule has 2 saturated heterocycles. The molecule has 27 heavy (non-hydrogen) atoms. The Kier molecular flexibility index (Phi) is 6.05. The summed E-state index contributed by atoms with van der Waals surface area (Å²) >= 11 is 0. The fourth-order valence-corrected chi connectivity index (χ4v) is 3.49. The molecule has 2 fully saturated rings. The summed E-state index contributed by atoms with van der Waals surface area (Å²) in [6, 6.07) is 3.29. The molecule has 8 heteroatoms. The van der Waals surface area contributed by atoms with Gasteiger partial charge in [-0.3, -0.25) is 9.59 Å². The maximum atomic E-state index is 12.9. The number of carbonyl (C=O) groups is 2. The van der Waals surface area contributed by atoms with E-state index in [1.807, 2.05) is 0 Å². The molecule has 0 aliphatic carbocycles. The van der Waals surface area contributed by atoms with Crippen LogP contribution in [0.2, 0.25) is 0 Å². The lowest BCUT2D eigenvalue weighted by Crippen LogP contribution is -2.52. The number of hydrogen-bond donors (Lipinski definition) is 0. The van der Waals surface area contributed by atoms with Gasteiger partial charge >= 0.3 is 0 Å². The number of amides is 2. The van der Waals surface area contributed by atoms with Gasteiger partial charge in [-0.25, -0.2) is 0 Å². The maximum Gasteiger partial charge on any atom is 0.254 e. The number of ether oxygens (including phenoxy) is 4. The highest BCUT2D eigenvalue weighted by Gasteiger charge is 2.32. The van der Waals surface area contributed by atoms with Crippen LogP contribution in [0.5, 0.6) is 17.2 Å². The van der Waals surface area contributed by atoms with Gasteiger partial charge in [0.2, 0.25) is 5.75 Å². The first-order valence-corrected chi connectivity index (χ1v) is 9.08. The average molecular weight is 378 g/mol. The van der Waals surface area contributed by atoms with E-state index in [1.165, 1.54) is 21.3 Å². The first-order chi connectivity index (χ1) is 13.1. The standard InChI is InChI=1S/C19H26N2O6/c1-24-15-11-13(12-16(25-2)17(15)26-3)18(22)20-6-8-21(9-7-20)19(23)14-5-4-10-27-14/h11-12,14H,4-10H2,1-3H3/t14-/m1/s1. The van der Waals surface area contributed by atoms with Crippen LogP contribution < -0.4 is 14.2 Å². The third-order valence-corrected chi connectivity index (χ3v) is 5.00. The van der Waals surface area contributed by atoms with Gasteiger partial charge in [0.05, 0.1) is 21.3 Å². The number of nitrogens with zero attached hydrogens (tertiary/aromatic N) is 2. The lowest BCUT2D eigenvalue weighted by atomic mass is 10.1. The zero-order chi connectivity index (χ0) is 19.4. The predicted molar refractivity (Wildman–Crippen MR) is 97.6 cm³/mol. The number of carbonyl (C=O) groups excluding carboxylic acids is 2. The largest absolute Gasteiger partial charge is 0.493 e. The minimum Gasteiger partial charge on any atom is -0.493 e. The van der Waals surface area contributed by atoms with Crippen LogP contribution in [-0.2, 0) is 9.53 Å². The molecular weight excluding hydrogens is 352 g/mol. The van der Waals surface area contributed by atoms with E-state index in [9.17, 15) is 9.59 Å². The quantitative estimate of drug-likeness (QED) is 0.766. The minimum absolute atomic E-state index is 0.0346. The molecule has 0 aromatic heterocycles. The zero-order valence-corrected chi connectivity index (χ0v) is 16.0. The molecule has 0 saturated carbocycles. The Morgan fingerprint density at radius 3 is 2.04 bits per heavy atom. The molecule has 2 amide bonds. The topological polar surface area (TPSA) is 77.5 Å². The number of piperazine rings is 1. The number of rotatable bonds is 5. The molecule has 0 N–H and O–H groups in total. The van der Waals surface area contributed by atoms with E-state index in [4.69, 9.17) is 18.9 Å². The van der Waals surface area contributed by atoms with E-state index in [-0.39, 0.29) is 17.9 Å². The highest BCUT2D eigenvalue weighted by atomic mass is 16.5. The van der Waals surface area contributed by atoms with E-state index in [2.05, 4.69) is 0 Å². The van der Waals surface area contributed by atoms with E-state index >= 15 is 0 Å². The normalized spacial score (nSPS) is 19.7. The third-order valence-electron chi connectivity index (χ3n) is 5.00. The van der Waals surface area contributed by atoms with Gasteiger partial charge < -0.3 is 28.7 Å². The lowest BCUT2D eigenvalue weighted by Gasteiger charge is -2.35. The second kappa shape index (κ2) is 8.47. The Morgan fingerprint density at radius 2 is 1.56 bits per heavy atom. The molecule has 1 atom stereocenters. The minimum atomic E-state index is -0.317. The molecule has 3 rings (SSSR count). The van der Waals surface area contributed by atoms with Gasteiger partial charge in [0, 0.05) is 38.3 Å². The summed E-state index contributed by atoms with van der Waals surface area (Å²) in [7, 11) is 4.55. The third kappa shape index (κ3) is 3.95. The number of methoxy groups -OCH3 is 3. The highest BCUT2D eigenvalue weighted by molar-refractivity contribution is 5.96. The molecule has 2 heterocycles. The van der Waals surface area contributed by atoms with E-state index in [0.29, 0.717) is 55.6 Å². The number of benzene rings is 1. The van der Waals surface area contributed by atoms with Crippen molar-refractivity contribution in [3.05, 3.63) is 17.7 Å². The summed E-state index contributed by atoms with van der Waals surface area (Å²) in [6.45, 7) is 2.63. The van der Waals surface area contributed by atoms with E-state index < -0.39 is 0 Å². The first-order valence-electron chi connectivity index (χ1n) is 9.08. The maximum absolute atomic E-state index is 12.9. The van der Waals surface area contributed by atoms with Gasteiger partial charge in [0.1, 0.15) is 6.10 Å². The molecule has 2 aliphatic heterocycles. The van der Waals surface area contributed by atoms with Crippen LogP contribution in [0.1, 0.15) is 23.2 Å². The molecule has 0 radical (unpaired) electrons. The molecule has 1 aromatic carbocycles. The van der Waals surface area contributed by atoms with Crippen molar-refractivity contribution in [2.75, 3.05) is 54.1 Å². The van der Waals surface area contributed by atoms with Crippen LogP contribution in [-0.4, -0.2) is 81.8 Å². The molecular formula is C19H26N2O6. The van der Waals surface area contributed by atoms with Crippen molar-refractivity contribution < 1.29 is 28.5 Å². The molecule has 1 aromatic rings. The Morgan fingerprint density at radius 1 is 0.963 bits per heavy atom. The fraction of sp³-hybridized carbons (Fsp3) is 0.579. The SMILES string of the molecule is COc1cc(C(=O)N2CCN(C(=O)[C@H]3CCCO3)CC2)cc(OC)c1OC. The van der Waals surface area contributed by atoms with Crippen LogP contribution in [0.25, 0.3) is 0 Å². The van der Waals surface area contributed by atoms with E-state index in [1.54, 1.807) is 21.9 Å². The van der Waals surface area contributed by atoms with Crippen LogP contribution in [0.3, 0.4) is 0 Å². The van der Waals surface area contributed by atoms with Crippen LogP contribution in [0.4, 0.5) is 0 Å². The van der Waals surface area contributed by atoms with Crippen LogP contribution in [0.15, 0.2) is 12.1 Å². The molecule has 148 valence electrons. The fourth-order valence-electron chi connectivity index (χ4n) is 3.49. The summed E-state index contributed by atoms with van der Waals surface area (Å²) in [5, 5.41) is 0. The molecule has 0 spiro atoms. The zero-order valence-electron chi connectivity index (χ0n) is 16.0. The lowest BCUT2D eigenvalue weighted by molar-refractivity contribution is -0.142. The Bertz CT molecular complexity index is 668. The van der Waals surface area contributed by atoms with Crippen molar-refractivity contribution in [3.63, 3.8) is 0 Å². The van der Waals surface area contributed by atoms with Crippen molar-refractivity contribution in [2.45, 2.75) is 18.9 Å². The van der Waals surface area contributed by atoms with Crippen molar-refractivity contribution in [3.8, 4) is 17.2 Å². The Hall–Kier alpha value is -2.48. The highest BCUT2D eigenvalue weighted by Crippen LogP contribution is 2.38. The van der Waals surface area contributed by atoms with Gasteiger partial charge in [-0.05, 0) is 25.0 Å². The van der Waals surface area contributed by atoms with E-state index in [0.717, 1.165) is 12.8 Å². The second-order valence-corrected chi connectivity index (χ2v) is 6.53. The van der Waals surface area contributed by atoms with Crippen molar-refractivity contribution in [1.82, 2.24) is 9.80 Å². The summed E-state index contributed by atoms with van der Waals surface area (Å²) in [6.07, 6.45) is 1.39. The molecule has 0 unspecified atom stereocenters. The van der Waals surface area contributed by atoms with Crippen molar-refractivity contribution in [2.24, 2.45) is 0 Å². The monoisotopic (exact) mass is 378 g/mol. The van der Waals surface area contributed by atoms with Crippen molar-refractivity contribution in [1.29, 1.82) is 0 Å².